The highest BCUT2D eigenvalue weighted by Gasteiger charge is 1.82. The third-order valence-corrected chi connectivity index (χ3v) is 2.92. The van der Waals surface area contributed by atoms with Crippen molar-refractivity contribution in [2.45, 2.75) is 20.4 Å². The van der Waals surface area contributed by atoms with Gasteiger partial charge in [0, 0.05) is 0 Å². The van der Waals surface area contributed by atoms with E-state index < -0.39 is 11.9 Å². The fourth-order valence-corrected chi connectivity index (χ4v) is 1.54. The van der Waals surface area contributed by atoms with Gasteiger partial charge in [-0.25, -0.2) is 9.59 Å². The minimum Gasteiger partial charge on any atom is -0.501 e. The predicted octanol–water partition coefficient (Wildman–Crippen LogP) is 2.31. The normalized spacial score (nSPS) is 9.46. The monoisotopic (exact) mass is 352 g/mol. The lowest BCUT2D eigenvalue weighted by atomic mass is 10.4. The van der Waals surface area contributed by atoms with Crippen molar-refractivity contribution in [2.24, 2.45) is 0 Å². The summed E-state index contributed by atoms with van der Waals surface area (Å²) < 4.78 is 9.17. The molecule has 0 spiro atoms. The number of hydrogen-bond acceptors (Lipinski definition) is 4. The van der Waals surface area contributed by atoms with E-state index in [4.69, 9.17) is 10.2 Å². The minimum absolute atomic E-state index is 0.504. The van der Waals surface area contributed by atoms with Crippen molar-refractivity contribution in [2.75, 3.05) is 13.2 Å². The smallest absolute Gasteiger partial charge is 0.331 e. The van der Waals surface area contributed by atoms with Crippen molar-refractivity contribution in [3.05, 3.63) is 55.0 Å². The van der Waals surface area contributed by atoms with E-state index in [2.05, 4.69) is 40.3 Å². The summed E-state index contributed by atoms with van der Waals surface area (Å²) in [6.07, 6.45) is 4.21. The van der Waals surface area contributed by atoms with E-state index in [1.54, 1.807) is 13.8 Å². The van der Waals surface area contributed by atoms with Gasteiger partial charge in [0.1, 0.15) is 0 Å². The first-order valence-electron chi connectivity index (χ1n) is 7.22. The van der Waals surface area contributed by atoms with Crippen LogP contribution in [0.1, 0.15) is 13.8 Å². The number of carboxylic acids is 2. The van der Waals surface area contributed by atoms with Gasteiger partial charge in [-0.05, 0) is 13.8 Å². The molecule has 1 aromatic rings. The van der Waals surface area contributed by atoms with Gasteiger partial charge in [0.25, 0.3) is 0 Å². The Kier molecular flexibility index (Phi) is 18.3. The molecule has 0 aromatic heterocycles. The molecule has 0 fully saturated rings. The van der Waals surface area contributed by atoms with Gasteiger partial charge in [-0.2, -0.15) is 0 Å². The molecule has 2 N–H and O–H groups in total. The Balaban J connectivity index is 0. The topological polar surface area (TPSA) is 93.1 Å². The second-order valence-corrected chi connectivity index (χ2v) is 4.89. The second kappa shape index (κ2) is 18.5. The molecule has 2 radical (unpaired) electrons. The first kappa shape index (κ1) is 23.7. The SMILES string of the molecule is CCOC=CC(=O)O.CCOC=CC(=O)O.C[Si]c1ccccc1. The highest BCUT2D eigenvalue weighted by molar-refractivity contribution is 6.51. The zero-order valence-corrected chi connectivity index (χ0v) is 15.1. The standard InChI is InChI=1S/C7H8Si.2C5H8O3/c1-8-7-5-3-2-4-6-7;2*1-2-8-4-3-5(6)7/h2-6H,1H3;2*3-4H,2H2,1H3,(H,6,7). The molecule has 0 saturated heterocycles. The molecule has 6 nitrogen and oxygen atoms in total. The summed E-state index contributed by atoms with van der Waals surface area (Å²) in [5, 5.41) is 17.4. The first-order valence-corrected chi connectivity index (χ1v) is 8.72. The molecular weight excluding hydrogens is 328 g/mol. The number of aliphatic carboxylic acids is 2. The van der Waals surface area contributed by atoms with E-state index in [0.717, 1.165) is 34.2 Å². The van der Waals surface area contributed by atoms with Crippen LogP contribution < -0.4 is 5.19 Å². The number of carbonyl (C=O) groups is 2. The van der Waals surface area contributed by atoms with Crippen LogP contribution in [0, 0.1) is 0 Å². The molecule has 0 unspecified atom stereocenters. The Morgan fingerprint density at radius 3 is 1.62 bits per heavy atom. The van der Waals surface area contributed by atoms with E-state index in [0.29, 0.717) is 13.2 Å². The van der Waals surface area contributed by atoms with Crippen molar-refractivity contribution in [3.63, 3.8) is 0 Å². The molecule has 0 aliphatic rings. The fraction of sp³-hybridized carbons (Fsp3) is 0.294. The second-order valence-electron chi connectivity index (χ2n) is 3.81. The van der Waals surface area contributed by atoms with Crippen LogP contribution in [0.25, 0.3) is 0 Å². The number of benzene rings is 1. The van der Waals surface area contributed by atoms with E-state index in [1.165, 1.54) is 5.19 Å². The van der Waals surface area contributed by atoms with E-state index >= 15 is 0 Å². The summed E-state index contributed by atoms with van der Waals surface area (Å²) in [7, 11) is 0.930. The summed E-state index contributed by atoms with van der Waals surface area (Å²) >= 11 is 0. The quantitative estimate of drug-likeness (QED) is 0.444. The Labute approximate surface area is 145 Å². The molecule has 1 rings (SSSR count). The van der Waals surface area contributed by atoms with E-state index in [9.17, 15) is 9.59 Å². The average molecular weight is 352 g/mol. The molecule has 0 amide bonds. The van der Waals surface area contributed by atoms with Gasteiger partial charge < -0.3 is 19.7 Å². The largest absolute Gasteiger partial charge is 0.501 e. The number of hydrogen-bond donors (Lipinski definition) is 2. The minimum atomic E-state index is -0.988. The highest BCUT2D eigenvalue weighted by atomic mass is 28.2. The lowest BCUT2D eigenvalue weighted by Gasteiger charge is -1.88. The van der Waals surface area contributed by atoms with Crippen LogP contribution in [0.4, 0.5) is 0 Å². The molecule has 0 heterocycles. The van der Waals surface area contributed by atoms with Crippen molar-refractivity contribution in [1.82, 2.24) is 0 Å². The Hall–Kier alpha value is -2.54. The highest BCUT2D eigenvalue weighted by Crippen LogP contribution is 1.79. The molecule has 1 aromatic carbocycles. The van der Waals surface area contributed by atoms with Crippen molar-refractivity contribution in [3.8, 4) is 0 Å². The zero-order chi connectivity index (χ0) is 18.6. The van der Waals surface area contributed by atoms with Crippen LogP contribution in [-0.2, 0) is 19.1 Å². The maximum Gasteiger partial charge on any atom is 0.331 e. The summed E-state index contributed by atoms with van der Waals surface area (Å²) in [5.41, 5.74) is 0. The lowest BCUT2D eigenvalue weighted by molar-refractivity contribution is -0.132. The predicted molar refractivity (Wildman–Crippen MR) is 94.5 cm³/mol. The van der Waals surface area contributed by atoms with Crippen molar-refractivity contribution in [1.29, 1.82) is 0 Å². The van der Waals surface area contributed by atoms with Gasteiger partial charge in [-0.3, -0.25) is 0 Å². The maximum atomic E-state index is 9.71. The molecule has 0 aliphatic heterocycles. The molecule has 24 heavy (non-hydrogen) atoms. The average Bonchev–Trinajstić information content (AvgIpc) is 2.57. The Morgan fingerprint density at radius 2 is 1.38 bits per heavy atom. The summed E-state index contributed by atoms with van der Waals surface area (Å²) in [5.74, 6) is -1.98. The third-order valence-electron chi connectivity index (χ3n) is 2.01. The number of carboxylic acid groups (broad SMARTS) is 2. The van der Waals surface area contributed by atoms with E-state index in [-0.39, 0.29) is 0 Å². The Bertz CT molecular complexity index is 459. The molecule has 7 heteroatoms. The molecule has 0 bridgehead atoms. The van der Waals surface area contributed by atoms with Crippen LogP contribution in [0.5, 0.6) is 0 Å². The summed E-state index contributed by atoms with van der Waals surface area (Å²) in [6.45, 7) is 6.77. The number of rotatable bonds is 7. The van der Waals surface area contributed by atoms with Crippen molar-refractivity contribution < 1.29 is 29.3 Å². The fourth-order valence-electron chi connectivity index (χ4n) is 1.01. The maximum absolute atomic E-state index is 9.71. The molecule has 0 atom stereocenters. The van der Waals surface area contributed by atoms with Gasteiger partial charge >= 0.3 is 11.9 Å². The van der Waals surface area contributed by atoms with Gasteiger partial charge in [0.2, 0.25) is 0 Å². The zero-order valence-electron chi connectivity index (χ0n) is 14.1. The van der Waals surface area contributed by atoms with Gasteiger partial charge in [-0.15, -0.1) is 0 Å². The van der Waals surface area contributed by atoms with Crippen LogP contribution in [0.15, 0.2) is 55.0 Å². The molecule has 132 valence electrons. The molecular formula is C17H24O6Si. The van der Waals surface area contributed by atoms with Crippen LogP contribution in [0.3, 0.4) is 0 Å². The summed E-state index contributed by atoms with van der Waals surface area (Å²) in [6, 6.07) is 10.5. The molecule has 0 aliphatic carbocycles. The van der Waals surface area contributed by atoms with Gasteiger partial charge in [-0.1, -0.05) is 42.1 Å². The third kappa shape index (κ3) is 21.7. The van der Waals surface area contributed by atoms with Crippen LogP contribution >= 0.6 is 0 Å². The van der Waals surface area contributed by atoms with Gasteiger partial charge in [0.05, 0.1) is 47.4 Å². The lowest BCUT2D eigenvalue weighted by Crippen LogP contribution is -2.07. The van der Waals surface area contributed by atoms with Crippen LogP contribution in [-0.4, -0.2) is 44.9 Å². The van der Waals surface area contributed by atoms with E-state index in [1.807, 2.05) is 6.07 Å². The van der Waals surface area contributed by atoms with Crippen molar-refractivity contribution >= 4 is 26.6 Å². The van der Waals surface area contributed by atoms with Crippen LogP contribution in [0.2, 0.25) is 6.55 Å². The number of ether oxygens (including phenoxy) is 2. The molecule has 0 saturated carbocycles. The Morgan fingerprint density at radius 1 is 0.958 bits per heavy atom. The first-order chi connectivity index (χ1) is 11.5. The summed E-state index contributed by atoms with van der Waals surface area (Å²) in [4.78, 5) is 19.4. The van der Waals surface area contributed by atoms with Gasteiger partial charge in [0.15, 0.2) is 0 Å².